The number of carbonyl (C=O) groups is 1. The number of carbonyl (C=O) groups excluding carboxylic acids is 1. The molecule has 2 rings (SSSR count). The van der Waals surface area contributed by atoms with Gasteiger partial charge >= 0.3 is 0 Å². The zero-order valence-corrected chi connectivity index (χ0v) is 15.5. The van der Waals surface area contributed by atoms with Gasteiger partial charge in [0.2, 0.25) is 5.91 Å². The molecule has 2 aromatic rings. The molecule has 7 heteroatoms. The maximum absolute atomic E-state index is 12.3. The van der Waals surface area contributed by atoms with Crippen molar-refractivity contribution in [1.29, 1.82) is 0 Å². The molecular formula is C17H22N2O3S2. The minimum absolute atomic E-state index is 0.0992. The molecule has 0 saturated heterocycles. The smallest absolute Gasteiger partial charge is 0.252 e. The molecule has 0 saturated carbocycles. The van der Waals surface area contributed by atoms with Gasteiger partial charge in [-0.25, -0.2) is 12.7 Å². The number of hydrogen-bond donors (Lipinski definition) is 1. The van der Waals surface area contributed by atoms with Crippen LogP contribution in [0.25, 0.3) is 0 Å². The van der Waals surface area contributed by atoms with Gasteiger partial charge < -0.3 is 5.32 Å². The monoisotopic (exact) mass is 366 g/mol. The molecule has 0 bridgehead atoms. The fraction of sp³-hybridized carbons (Fsp3) is 0.353. The summed E-state index contributed by atoms with van der Waals surface area (Å²) in [5, 5.41) is 4.63. The Labute approximate surface area is 147 Å². The van der Waals surface area contributed by atoms with E-state index in [4.69, 9.17) is 0 Å². The first kappa shape index (κ1) is 18.6. The Morgan fingerprint density at radius 1 is 1.21 bits per heavy atom. The quantitative estimate of drug-likeness (QED) is 0.779. The second kappa shape index (κ2) is 8.41. The Morgan fingerprint density at radius 3 is 2.62 bits per heavy atom. The maximum atomic E-state index is 12.3. The number of sulfonamides is 1. The van der Waals surface area contributed by atoms with Crippen LogP contribution in [0.15, 0.2) is 46.0 Å². The largest absolute Gasteiger partial charge is 0.326 e. The Kier molecular flexibility index (Phi) is 6.53. The van der Waals surface area contributed by atoms with Gasteiger partial charge in [0.1, 0.15) is 4.21 Å². The van der Waals surface area contributed by atoms with Gasteiger partial charge in [0.25, 0.3) is 10.0 Å². The van der Waals surface area contributed by atoms with Crippen molar-refractivity contribution in [2.24, 2.45) is 0 Å². The van der Waals surface area contributed by atoms with E-state index in [9.17, 15) is 13.2 Å². The molecule has 0 spiro atoms. The summed E-state index contributed by atoms with van der Waals surface area (Å²) in [4.78, 5) is 12.1. The van der Waals surface area contributed by atoms with Crippen LogP contribution in [-0.4, -0.2) is 32.2 Å². The van der Waals surface area contributed by atoms with Gasteiger partial charge in [-0.3, -0.25) is 4.79 Å². The summed E-state index contributed by atoms with van der Waals surface area (Å²) in [5.41, 5.74) is 1.91. The normalized spacial score (nSPS) is 11.6. The molecule has 5 nitrogen and oxygen atoms in total. The molecule has 0 radical (unpaired) electrons. The third-order valence-electron chi connectivity index (χ3n) is 3.71. The summed E-state index contributed by atoms with van der Waals surface area (Å²) >= 11 is 1.19. The minimum Gasteiger partial charge on any atom is -0.326 e. The SMILES string of the molecule is CCc1ccccc1NC(=O)CCCN(C)S(=O)(=O)c1cccs1. The lowest BCUT2D eigenvalue weighted by Crippen LogP contribution is -2.28. The number of aryl methyl sites for hydroxylation is 1. The van der Waals surface area contributed by atoms with Gasteiger partial charge in [0, 0.05) is 25.7 Å². The van der Waals surface area contributed by atoms with Crippen molar-refractivity contribution in [3.63, 3.8) is 0 Å². The van der Waals surface area contributed by atoms with Crippen LogP contribution in [0.5, 0.6) is 0 Å². The van der Waals surface area contributed by atoms with Gasteiger partial charge in [0.15, 0.2) is 0 Å². The number of rotatable bonds is 8. The van der Waals surface area contributed by atoms with Crippen LogP contribution < -0.4 is 5.32 Å². The number of hydrogen-bond acceptors (Lipinski definition) is 4. The van der Waals surface area contributed by atoms with E-state index in [1.165, 1.54) is 15.6 Å². The summed E-state index contributed by atoms with van der Waals surface area (Å²) in [6, 6.07) is 11.0. The lowest BCUT2D eigenvalue weighted by molar-refractivity contribution is -0.116. The topological polar surface area (TPSA) is 66.5 Å². The molecule has 1 amide bonds. The molecular weight excluding hydrogens is 344 g/mol. The van der Waals surface area contributed by atoms with E-state index in [-0.39, 0.29) is 12.3 Å². The molecule has 1 N–H and O–H groups in total. The summed E-state index contributed by atoms with van der Waals surface area (Å²) in [5.74, 6) is -0.0992. The number of para-hydroxylation sites is 1. The van der Waals surface area contributed by atoms with Crippen LogP contribution in [0, 0.1) is 0 Å². The van der Waals surface area contributed by atoms with Gasteiger partial charge in [-0.15, -0.1) is 11.3 Å². The third kappa shape index (κ3) is 4.66. The van der Waals surface area contributed by atoms with Crippen molar-refractivity contribution in [1.82, 2.24) is 4.31 Å². The van der Waals surface area contributed by atoms with Crippen molar-refractivity contribution < 1.29 is 13.2 Å². The van der Waals surface area contributed by atoms with E-state index in [1.54, 1.807) is 24.6 Å². The van der Waals surface area contributed by atoms with E-state index >= 15 is 0 Å². The second-order valence-electron chi connectivity index (χ2n) is 5.42. The number of nitrogens with zero attached hydrogens (tertiary/aromatic N) is 1. The Bertz CT molecular complexity index is 771. The molecule has 0 unspecified atom stereocenters. The number of amides is 1. The summed E-state index contributed by atoms with van der Waals surface area (Å²) in [6.07, 6.45) is 1.60. The predicted molar refractivity (Wildman–Crippen MR) is 97.8 cm³/mol. The Hall–Kier alpha value is -1.70. The number of nitrogens with one attached hydrogen (secondary N) is 1. The minimum atomic E-state index is -3.44. The van der Waals surface area contributed by atoms with Gasteiger partial charge in [-0.1, -0.05) is 31.2 Å². The lowest BCUT2D eigenvalue weighted by atomic mass is 10.1. The average Bonchev–Trinajstić information content (AvgIpc) is 3.10. The van der Waals surface area contributed by atoms with Crippen molar-refractivity contribution in [2.75, 3.05) is 18.9 Å². The Morgan fingerprint density at radius 2 is 1.96 bits per heavy atom. The fourth-order valence-corrected chi connectivity index (χ4v) is 4.72. The van der Waals surface area contributed by atoms with Crippen molar-refractivity contribution in [3.8, 4) is 0 Å². The third-order valence-corrected chi connectivity index (χ3v) is 6.94. The molecule has 0 fully saturated rings. The number of thiophene rings is 1. The Balaban J connectivity index is 1.84. The molecule has 0 atom stereocenters. The first-order chi connectivity index (χ1) is 11.4. The summed E-state index contributed by atoms with van der Waals surface area (Å²) in [7, 11) is -1.90. The highest BCUT2D eigenvalue weighted by Crippen LogP contribution is 2.20. The highest BCUT2D eigenvalue weighted by atomic mass is 32.2. The van der Waals surface area contributed by atoms with E-state index < -0.39 is 10.0 Å². The highest BCUT2D eigenvalue weighted by Gasteiger charge is 2.21. The van der Waals surface area contributed by atoms with Crippen LogP contribution >= 0.6 is 11.3 Å². The molecule has 130 valence electrons. The van der Waals surface area contributed by atoms with Crippen LogP contribution in [0.3, 0.4) is 0 Å². The van der Waals surface area contributed by atoms with Crippen molar-refractivity contribution in [2.45, 2.75) is 30.4 Å². The van der Waals surface area contributed by atoms with Crippen LogP contribution in [0.1, 0.15) is 25.3 Å². The van der Waals surface area contributed by atoms with E-state index in [0.717, 1.165) is 17.7 Å². The highest BCUT2D eigenvalue weighted by molar-refractivity contribution is 7.91. The van der Waals surface area contributed by atoms with E-state index in [1.807, 2.05) is 31.2 Å². The number of anilines is 1. The zero-order valence-electron chi connectivity index (χ0n) is 13.9. The number of benzene rings is 1. The second-order valence-corrected chi connectivity index (χ2v) is 8.64. The zero-order chi connectivity index (χ0) is 17.6. The van der Waals surface area contributed by atoms with Crippen molar-refractivity contribution >= 4 is 33.0 Å². The standard InChI is InChI=1S/C17H22N2O3S2/c1-3-14-8-4-5-9-15(14)18-16(20)10-6-12-19(2)24(21,22)17-11-7-13-23-17/h4-5,7-9,11,13H,3,6,10,12H2,1-2H3,(H,18,20). The molecule has 0 aliphatic heterocycles. The molecule has 0 aliphatic carbocycles. The summed E-state index contributed by atoms with van der Waals surface area (Å²) < 4.78 is 26.2. The van der Waals surface area contributed by atoms with Crippen LogP contribution in [-0.2, 0) is 21.2 Å². The lowest BCUT2D eigenvalue weighted by Gasteiger charge is -2.16. The summed E-state index contributed by atoms with van der Waals surface area (Å²) in [6.45, 7) is 2.35. The first-order valence-electron chi connectivity index (χ1n) is 7.82. The van der Waals surface area contributed by atoms with Gasteiger partial charge in [-0.2, -0.15) is 0 Å². The molecule has 24 heavy (non-hydrogen) atoms. The van der Waals surface area contributed by atoms with Gasteiger partial charge in [0.05, 0.1) is 0 Å². The van der Waals surface area contributed by atoms with Crippen LogP contribution in [0.4, 0.5) is 5.69 Å². The fourth-order valence-electron chi connectivity index (χ4n) is 2.31. The van der Waals surface area contributed by atoms with E-state index in [0.29, 0.717) is 17.2 Å². The molecule has 0 aliphatic rings. The van der Waals surface area contributed by atoms with Gasteiger partial charge in [-0.05, 0) is 35.9 Å². The first-order valence-corrected chi connectivity index (χ1v) is 10.1. The maximum Gasteiger partial charge on any atom is 0.252 e. The van der Waals surface area contributed by atoms with Crippen molar-refractivity contribution in [3.05, 3.63) is 47.3 Å². The van der Waals surface area contributed by atoms with E-state index in [2.05, 4.69) is 5.32 Å². The van der Waals surface area contributed by atoms with Crippen LogP contribution in [0.2, 0.25) is 0 Å². The average molecular weight is 367 g/mol. The molecule has 1 aromatic heterocycles. The predicted octanol–water partition coefficient (Wildman–Crippen LogP) is 3.35. The molecule has 1 heterocycles. The molecule has 1 aromatic carbocycles.